The van der Waals surface area contributed by atoms with Crippen molar-refractivity contribution in [2.75, 3.05) is 25.2 Å². The number of ketones is 1. The zero-order valence-electron chi connectivity index (χ0n) is 16.0. The molecule has 0 spiro atoms. The van der Waals surface area contributed by atoms with E-state index < -0.39 is 11.9 Å². The number of hydrogen-bond acceptors (Lipinski definition) is 5. The van der Waals surface area contributed by atoms with E-state index >= 15 is 0 Å². The lowest BCUT2D eigenvalue weighted by Gasteiger charge is -2.17. The Kier molecular flexibility index (Phi) is 6.09. The Morgan fingerprint density at radius 3 is 2.57 bits per heavy atom. The van der Waals surface area contributed by atoms with Gasteiger partial charge in [0.1, 0.15) is 5.75 Å². The third-order valence-electron chi connectivity index (χ3n) is 4.85. The SMILES string of the molecule is CCc1ccc(N2C[C@@H](C(=O)OCC(=O)c3cccc(OC)c3)CC2=O)cc1. The molecule has 0 bridgehead atoms. The topological polar surface area (TPSA) is 72.9 Å². The van der Waals surface area contributed by atoms with Crippen LogP contribution >= 0.6 is 0 Å². The number of esters is 1. The van der Waals surface area contributed by atoms with Crippen molar-refractivity contribution in [2.45, 2.75) is 19.8 Å². The number of Topliss-reactive ketones (excluding diaryl/α,β-unsaturated/α-hetero) is 1. The molecule has 2 aromatic rings. The molecule has 6 heteroatoms. The third-order valence-corrected chi connectivity index (χ3v) is 4.85. The molecule has 1 aliphatic heterocycles. The summed E-state index contributed by atoms with van der Waals surface area (Å²) in [6, 6.07) is 14.4. The molecule has 1 atom stereocenters. The lowest BCUT2D eigenvalue weighted by molar-refractivity contribution is -0.147. The van der Waals surface area contributed by atoms with Crippen LogP contribution in [0.2, 0.25) is 0 Å². The fourth-order valence-electron chi connectivity index (χ4n) is 3.16. The molecule has 1 amide bonds. The number of anilines is 1. The van der Waals surface area contributed by atoms with Crippen LogP contribution in [0.1, 0.15) is 29.3 Å². The number of methoxy groups -OCH3 is 1. The highest BCUT2D eigenvalue weighted by Gasteiger charge is 2.36. The predicted octanol–water partition coefficient (Wildman–Crippen LogP) is 3.04. The van der Waals surface area contributed by atoms with Gasteiger partial charge in [-0.1, -0.05) is 31.2 Å². The van der Waals surface area contributed by atoms with Gasteiger partial charge in [0.15, 0.2) is 12.4 Å². The molecular formula is C22H23NO5. The molecule has 1 heterocycles. The summed E-state index contributed by atoms with van der Waals surface area (Å²) < 4.78 is 10.3. The average Bonchev–Trinajstić information content (AvgIpc) is 3.13. The van der Waals surface area contributed by atoms with Crippen LogP contribution < -0.4 is 9.64 Å². The summed E-state index contributed by atoms with van der Waals surface area (Å²) >= 11 is 0. The van der Waals surface area contributed by atoms with Gasteiger partial charge in [0.25, 0.3) is 0 Å². The molecule has 0 unspecified atom stereocenters. The lowest BCUT2D eigenvalue weighted by Crippen LogP contribution is -2.27. The van der Waals surface area contributed by atoms with Gasteiger partial charge in [-0.15, -0.1) is 0 Å². The van der Waals surface area contributed by atoms with Crippen molar-refractivity contribution in [3.05, 3.63) is 59.7 Å². The van der Waals surface area contributed by atoms with E-state index in [9.17, 15) is 14.4 Å². The van der Waals surface area contributed by atoms with Gasteiger partial charge in [-0.2, -0.15) is 0 Å². The first-order valence-corrected chi connectivity index (χ1v) is 9.25. The molecule has 1 saturated heterocycles. The van der Waals surface area contributed by atoms with E-state index in [0.717, 1.165) is 12.1 Å². The number of aryl methyl sites for hydroxylation is 1. The van der Waals surface area contributed by atoms with Crippen LogP contribution in [0.3, 0.4) is 0 Å². The van der Waals surface area contributed by atoms with Crippen LogP contribution in [-0.4, -0.2) is 37.9 Å². The number of carbonyl (C=O) groups is 3. The number of benzene rings is 2. The van der Waals surface area contributed by atoms with E-state index in [4.69, 9.17) is 9.47 Å². The molecule has 2 aromatic carbocycles. The molecule has 3 rings (SSSR count). The van der Waals surface area contributed by atoms with Gasteiger partial charge in [-0.3, -0.25) is 14.4 Å². The smallest absolute Gasteiger partial charge is 0.311 e. The highest BCUT2D eigenvalue weighted by Crippen LogP contribution is 2.26. The number of carbonyl (C=O) groups excluding carboxylic acids is 3. The van der Waals surface area contributed by atoms with Gasteiger partial charge in [0.2, 0.25) is 5.91 Å². The minimum atomic E-state index is -0.573. The Morgan fingerprint density at radius 2 is 1.89 bits per heavy atom. The van der Waals surface area contributed by atoms with Gasteiger partial charge >= 0.3 is 5.97 Å². The zero-order valence-corrected chi connectivity index (χ0v) is 16.0. The number of ether oxygens (including phenoxy) is 2. The summed E-state index contributed by atoms with van der Waals surface area (Å²) in [5, 5.41) is 0. The maximum absolute atomic E-state index is 12.3. The Labute approximate surface area is 164 Å². The second-order valence-corrected chi connectivity index (χ2v) is 6.69. The van der Waals surface area contributed by atoms with Crippen LogP contribution in [0, 0.1) is 5.92 Å². The standard InChI is InChI=1S/C22H23NO5/c1-3-15-7-9-18(10-8-15)23-13-17(12-21(23)25)22(26)28-14-20(24)16-5-4-6-19(11-16)27-2/h4-11,17H,3,12-14H2,1-2H3/t17-/m0/s1. The van der Waals surface area contributed by atoms with Gasteiger partial charge in [0, 0.05) is 24.2 Å². The Morgan fingerprint density at radius 1 is 1.14 bits per heavy atom. The maximum atomic E-state index is 12.3. The normalized spacial score (nSPS) is 16.1. The molecule has 0 N–H and O–H groups in total. The molecule has 0 aromatic heterocycles. The summed E-state index contributed by atoms with van der Waals surface area (Å²) in [6.07, 6.45) is 1.01. The van der Waals surface area contributed by atoms with Crippen molar-refractivity contribution in [3.63, 3.8) is 0 Å². The number of rotatable bonds is 7. The minimum Gasteiger partial charge on any atom is -0.497 e. The van der Waals surface area contributed by atoms with Crippen molar-refractivity contribution in [1.82, 2.24) is 0 Å². The van der Waals surface area contributed by atoms with Gasteiger partial charge < -0.3 is 14.4 Å². The first-order valence-electron chi connectivity index (χ1n) is 9.25. The van der Waals surface area contributed by atoms with Crippen molar-refractivity contribution >= 4 is 23.3 Å². The monoisotopic (exact) mass is 381 g/mol. The summed E-state index contributed by atoms with van der Waals surface area (Å²) in [6.45, 7) is 1.97. The number of nitrogens with zero attached hydrogens (tertiary/aromatic N) is 1. The molecular weight excluding hydrogens is 358 g/mol. The molecule has 1 aliphatic rings. The third kappa shape index (κ3) is 4.39. The number of hydrogen-bond donors (Lipinski definition) is 0. The van der Waals surface area contributed by atoms with Crippen molar-refractivity contribution < 1.29 is 23.9 Å². The van der Waals surface area contributed by atoms with Crippen LogP contribution in [0.15, 0.2) is 48.5 Å². The Balaban J connectivity index is 1.57. The van der Waals surface area contributed by atoms with Crippen molar-refractivity contribution in [3.8, 4) is 5.75 Å². The molecule has 0 saturated carbocycles. The predicted molar refractivity (Wildman–Crippen MR) is 105 cm³/mol. The maximum Gasteiger partial charge on any atom is 0.311 e. The van der Waals surface area contributed by atoms with Gasteiger partial charge in [-0.05, 0) is 36.2 Å². The highest BCUT2D eigenvalue weighted by molar-refractivity contribution is 6.01. The largest absolute Gasteiger partial charge is 0.497 e. The van der Waals surface area contributed by atoms with E-state index in [1.807, 2.05) is 24.3 Å². The molecule has 0 radical (unpaired) electrons. The highest BCUT2D eigenvalue weighted by atomic mass is 16.5. The fourth-order valence-corrected chi connectivity index (χ4v) is 3.16. The van der Waals surface area contributed by atoms with Crippen LogP contribution in [-0.2, 0) is 20.7 Å². The fraction of sp³-hybridized carbons (Fsp3) is 0.318. The second kappa shape index (κ2) is 8.69. The Bertz CT molecular complexity index is 875. The summed E-state index contributed by atoms with van der Waals surface area (Å²) in [5.74, 6) is -0.981. The molecule has 6 nitrogen and oxygen atoms in total. The first kappa shape index (κ1) is 19.6. The minimum absolute atomic E-state index is 0.0850. The zero-order chi connectivity index (χ0) is 20.1. The van der Waals surface area contributed by atoms with E-state index in [1.54, 1.807) is 29.2 Å². The number of amides is 1. The van der Waals surface area contributed by atoms with E-state index in [-0.39, 0.29) is 31.3 Å². The second-order valence-electron chi connectivity index (χ2n) is 6.69. The molecule has 28 heavy (non-hydrogen) atoms. The van der Waals surface area contributed by atoms with Gasteiger partial charge in [-0.25, -0.2) is 0 Å². The first-order chi connectivity index (χ1) is 13.5. The Hall–Kier alpha value is -3.15. The van der Waals surface area contributed by atoms with E-state index in [1.165, 1.54) is 12.7 Å². The van der Waals surface area contributed by atoms with Crippen LogP contribution in [0.25, 0.3) is 0 Å². The molecule has 0 aliphatic carbocycles. The summed E-state index contributed by atoms with van der Waals surface area (Å²) in [5.41, 5.74) is 2.36. The molecule has 146 valence electrons. The summed E-state index contributed by atoms with van der Waals surface area (Å²) in [4.78, 5) is 38.5. The van der Waals surface area contributed by atoms with Crippen LogP contribution in [0.5, 0.6) is 5.75 Å². The quantitative estimate of drug-likeness (QED) is 0.544. The lowest BCUT2D eigenvalue weighted by atomic mass is 10.1. The van der Waals surface area contributed by atoms with E-state index in [2.05, 4.69) is 6.92 Å². The van der Waals surface area contributed by atoms with Crippen LogP contribution in [0.4, 0.5) is 5.69 Å². The summed E-state index contributed by atoms with van der Waals surface area (Å²) in [7, 11) is 1.52. The van der Waals surface area contributed by atoms with Gasteiger partial charge in [0.05, 0.1) is 13.0 Å². The molecule has 1 fully saturated rings. The van der Waals surface area contributed by atoms with E-state index in [0.29, 0.717) is 11.3 Å². The van der Waals surface area contributed by atoms with Crippen molar-refractivity contribution in [2.24, 2.45) is 5.92 Å². The average molecular weight is 381 g/mol. The van der Waals surface area contributed by atoms with Crippen molar-refractivity contribution in [1.29, 1.82) is 0 Å².